The first-order valence-electron chi connectivity index (χ1n) is 9.56. The van der Waals surface area contributed by atoms with Crippen molar-refractivity contribution in [2.24, 2.45) is 0 Å². The van der Waals surface area contributed by atoms with Gasteiger partial charge in [-0.2, -0.15) is 0 Å². The van der Waals surface area contributed by atoms with Crippen molar-refractivity contribution in [1.82, 2.24) is 10.3 Å². The van der Waals surface area contributed by atoms with Crippen LogP contribution in [0.15, 0.2) is 18.3 Å². The molecule has 0 spiro atoms. The largest absolute Gasteiger partial charge is 0.354 e. The van der Waals surface area contributed by atoms with Gasteiger partial charge in [-0.25, -0.2) is 9.78 Å². The maximum absolute atomic E-state index is 12.1. The molecule has 2 heterocycles. The molecular weight excluding hydrogens is 300 g/mol. The number of rotatable bonds is 4. The van der Waals surface area contributed by atoms with E-state index in [2.05, 4.69) is 27.4 Å². The number of nitrogens with one attached hydrogen (secondary N) is 2. The lowest BCUT2D eigenvalue weighted by Crippen LogP contribution is -2.40. The molecular formula is C19H30N4O. The summed E-state index contributed by atoms with van der Waals surface area (Å²) in [4.78, 5) is 19.1. The Labute approximate surface area is 145 Å². The first kappa shape index (κ1) is 17.1. The lowest BCUT2D eigenvalue weighted by molar-refractivity contribution is 0.244. The second-order valence-corrected chi connectivity index (χ2v) is 7.09. The van der Waals surface area contributed by atoms with Crippen LogP contribution in [0.1, 0.15) is 64.7 Å². The number of hydrogen-bond acceptors (Lipinski definition) is 3. The van der Waals surface area contributed by atoms with Crippen LogP contribution in [-0.4, -0.2) is 29.6 Å². The van der Waals surface area contributed by atoms with E-state index in [1.54, 1.807) is 6.20 Å². The number of carbonyl (C=O) groups excluding carboxylic acids is 1. The summed E-state index contributed by atoms with van der Waals surface area (Å²) in [7, 11) is 0. The second kappa shape index (κ2) is 8.36. The van der Waals surface area contributed by atoms with Crippen molar-refractivity contribution in [3.05, 3.63) is 18.3 Å². The molecule has 1 aromatic heterocycles. The Morgan fingerprint density at radius 3 is 2.67 bits per heavy atom. The van der Waals surface area contributed by atoms with Gasteiger partial charge >= 0.3 is 6.03 Å². The fourth-order valence-corrected chi connectivity index (χ4v) is 3.96. The van der Waals surface area contributed by atoms with E-state index in [-0.39, 0.29) is 6.03 Å². The van der Waals surface area contributed by atoms with E-state index in [0.717, 1.165) is 37.3 Å². The van der Waals surface area contributed by atoms with E-state index in [1.165, 1.54) is 38.5 Å². The lowest BCUT2D eigenvalue weighted by Gasteiger charge is -2.36. The summed E-state index contributed by atoms with van der Waals surface area (Å²) in [5, 5.41) is 5.99. The van der Waals surface area contributed by atoms with Gasteiger partial charge in [0.15, 0.2) is 0 Å². The molecule has 2 fully saturated rings. The van der Waals surface area contributed by atoms with Gasteiger partial charge in [0.05, 0.1) is 11.9 Å². The van der Waals surface area contributed by atoms with Crippen LogP contribution in [-0.2, 0) is 0 Å². The quantitative estimate of drug-likeness (QED) is 0.865. The van der Waals surface area contributed by atoms with Gasteiger partial charge in [-0.1, -0.05) is 26.2 Å². The highest BCUT2D eigenvalue weighted by atomic mass is 16.2. The highest BCUT2D eigenvalue weighted by Crippen LogP contribution is 2.25. The van der Waals surface area contributed by atoms with E-state index < -0.39 is 0 Å². The third kappa shape index (κ3) is 4.40. The Morgan fingerprint density at radius 1 is 1.17 bits per heavy atom. The Morgan fingerprint density at radius 2 is 1.96 bits per heavy atom. The molecule has 132 valence electrons. The number of pyridine rings is 1. The van der Waals surface area contributed by atoms with Crippen LogP contribution in [0, 0.1) is 0 Å². The molecule has 2 aliphatic rings. The molecule has 5 heteroatoms. The smallest absolute Gasteiger partial charge is 0.319 e. The predicted octanol–water partition coefficient (Wildman–Crippen LogP) is 4.30. The molecule has 1 aliphatic heterocycles. The third-order valence-electron chi connectivity index (χ3n) is 5.34. The summed E-state index contributed by atoms with van der Waals surface area (Å²) >= 11 is 0. The molecule has 1 atom stereocenters. The third-order valence-corrected chi connectivity index (χ3v) is 5.34. The van der Waals surface area contributed by atoms with E-state index in [4.69, 9.17) is 0 Å². The highest BCUT2D eigenvalue weighted by molar-refractivity contribution is 5.89. The first-order valence-corrected chi connectivity index (χ1v) is 9.56. The van der Waals surface area contributed by atoms with Crippen molar-refractivity contribution in [2.75, 3.05) is 16.8 Å². The number of urea groups is 1. The van der Waals surface area contributed by atoms with Gasteiger partial charge in [0.2, 0.25) is 0 Å². The molecule has 5 nitrogen and oxygen atoms in total. The van der Waals surface area contributed by atoms with Crippen molar-refractivity contribution in [3.63, 3.8) is 0 Å². The van der Waals surface area contributed by atoms with Gasteiger partial charge in [0.1, 0.15) is 5.82 Å². The topological polar surface area (TPSA) is 57.3 Å². The van der Waals surface area contributed by atoms with Crippen molar-refractivity contribution in [2.45, 2.75) is 76.8 Å². The van der Waals surface area contributed by atoms with Crippen molar-refractivity contribution >= 4 is 17.5 Å². The predicted molar refractivity (Wildman–Crippen MR) is 98.5 cm³/mol. The zero-order valence-corrected chi connectivity index (χ0v) is 14.8. The average molecular weight is 330 g/mol. The van der Waals surface area contributed by atoms with Crippen LogP contribution in [0.2, 0.25) is 0 Å². The number of anilines is 2. The van der Waals surface area contributed by atoms with Gasteiger partial charge in [0.25, 0.3) is 0 Å². The number of hydrogen-bond donors (Lipinski definition) is 2. The standard InChI is InChI=1S/C19H30N4O/c1-2-17-10-6-7-13-23(17)18-12-11-16(14-20-18)22-19(24)21-15-8-4-3-5-9-15/h11-12,14-15,17H,2-10,13H2,1H3,(H2,21,22,24). The van der Waals surface area contributed by atoms with Crippen LogP contribution < -0.4 is 15.5 Å². The highest BCUT2D eigenvalue weighted by Gasteiger charge is 2.22. The fourth-order valence-electron chi connectivity index (χ4n) is 3.96. The van der Waals surface area contributed by atoms with Crippen molar-refractivity contribution in [1.29, 1.82) is 0 Å². The molecule has 1 aliphatic carbocycles. The summed E-state index contributed by atoms with van der Waals surface area (Å²) < 4.78 is 0. The summed E-state index contributed by atoms with van der Waals surface area (Å²) in [6.07, 6.45) is 12.7. The van der Waals surface area contributed by atoms with E-state index >= 15 is 0 Å². The van der Waals surface area contributed by atoms with E-state index in [1.807, 2.05) is 12.1 Å². The Kier molecular flexibility index (Phi) is 5.94. The Hall–Kier alpha value is -1.78. The average Bonchev–Trinajstić information content (AvgIpc) is 2.63. The number of piperidine rings is 1. The van der Waals surface area contributed by atoms with Crippen molar-refractivity contribution in [3.8, 4) is 0 Å². The number of carbonyl (C=O) groups is 1. The van der Waals surface area contributed by atoms with E-state index in [0.29, 0.717) is 12.1 Å². The zero-order chi connectivity index (χ0) is 16.8. The van der Waals surface area contributed by atoms with Gasteiger partial charge in [-0.05, 0) is 50.7 Å². The molecule has 0 bridgehead atoms. The second-order valence-electron chi connectivity index (χ2n) is 7.09. The molecule has 1 saturated heterocycles. The van der Waals surface area contributed by atoms with Crippen LogP contribution >= 0.6 is 0 Å². The molecule has 2 N–H and O–H groups in total. The molecule has 1 aromatic rings. The summed E-state index contributed by atoms with van der Waals surface area (Å²) in [5.74, 6) is 1.03. The maximum Gasteiger partial charge on any atom is 0.319 e. The molecule has 1 unspecified atom stereocenters. The Balaban J connectivity index is 1.54. The van der Waals surface area contributed by atoms with Gasteiger partial charge < -0.3 is 15.5 Å². The minimum atomic E-state index is -0.110. The molecule has 0 aromatic carbocycles. The fraction of sp³-hybridized carbons (Fsp3) is 0.684. The van der Waals surface area contributed by atoms with E-state index in [9.17, 15) is 4.79 Å². The first-order chi connectivity index (χ1) is 11.8. The normalized spacial score (nSPS) is 22.2. The zero-order valence-electron chi connectivity index (χ0n) is 14.8. The molecule has 1 saturated carbocycles. The molecule has 0 radical (unpaired) electrons. The minimum Gasteiger partial charge on any atom is -0.354 e. The minimum absolute atomic E-state index is 0.110. The monoisotopic (exact) mass is 330 g/mol. The van der Waals surface area contributed by atoms with Crippen LogP contribution in [0.4, 0.5) is 16.3 Å². The Bertz CT molecular complexity index is 525. The van der Waals surface area contributed by atoms with Crippen molar-refractivity contribution < 1.29 is 4.79 Å². The number of aromatic nitrogens is 1. The van der Waals surface area contributed by atoms with Crippen LogP contribution in [0.25, 0.3) is 0 Å². The van der Waals surface area contributed by atoms with Gasteiger partial charge in [-0.15, -0.1) is 0 Å². The summed E-state index contributed by atoms with van der Waals surface area (Å²) in [5.41, 5.74) is 0.761. The lowest BCUT2D eigenvalue weighted by atomic mass is 9.96. The van der Waals surface area contributed by atoms with Crippen LogP contribution in [0.5, 0.6) is 0 Å². The van der Waals surface area contributed by atoms with Gasteiger partial charge in [0, 0.05) is 18.6 Å². The number of amides is 2. The maximum atomic E-state index is 12.1. The molecule has 3 rings (SSSR count). The number of nitrogens with zero attached hydrogens (tertiary/aromatic N) is 2. The van der Waals surface area contributed by atoms with Gasteiger partial charge in [-0.3, -0.25) is 0 Å². The SMILES string of the molecule is CCC1CCCCN1c1ccc(NC(=O)NC2CCCCC2)cn1. The summed E-state index contributed by atoms with van der Waals surface area (Å²) in [6.45, 7) is 3.33. The summed E-state index contributed by atoms with van der Waals surface area (Å²) in [6, 6.07) is 4.80. The molecule has 24 heavy (non-hydrogen) atoms. The molecule has 2 amide bonds. The van der Waals surface area contributed by atoms with Crippen LogP contribution in [0.3, 0.4) is 0 Å².